The van der Waals surface area contributed by atoms with Crippen LogP contribution in [0.1, 0.15) is 105 Å². The SMILES string of the molecule is Cc1ccc(C2CCC(c3ccc(CCCCCCCCC[Si](C)(C)O[Si](C)(C)C)cc3)CC2)cn1. The molecule has 0 aliphatic heterocycles. The average molecular weight is 524 g/mol. The summed E-state index contributed by atoms with van der Waals surface area (Å²) in [6.07, 6.45) is 18.2. The molecule has 0 spiro atoms. The van der Waals surface area contributed by atoms with E-state index in [1.165, 1.54) is 94.2 Å². The second-order valence-corrected chi connectivity index (χ2v) is 22.0. The first-order valence-corrected chi connectivity index (χ1v) is 21.4. The molecular formula is C32H53NOSi2. The molecule has 1 aliphatic rings. The average Bonchev–Trinajstić information content (AvgIpc) is 2.82. The Labute approximate surface area is 224 Å². The topological polar surface area (TPSA) is 22.1 Å². The van der Waals surface area contributed by atoms with Crippen molar-refractivity contribution in [2.75, 3.05) is 0 Å². The first-order chi connectivity index (χ1) is 17.1. The van der Waals surface area contributed by atoms with Crippen LogP contribution < -0.4 is 0 Å². The number of pyridine rings is 1. The largest absolute Gasteiger partial charge is 0.456 e. The van der Waals surface area contributed by atoms with E-state index in [0.717, 1.165) is 11.6 Å². The Balaban J connectivity index is 1.25. The number of hydrogen-bond acceptors (Lipinski definition) is 2. The molecule has 4 heteroatoms. The molecule has 36 heavy (non-hydrogen) atoms. The van der Waals surface area contributed by atoms with E-state index in [9.17, 15) is 0 Å². The Hall–Kier alpha value is -1.24. The molecule has 0 atom stereocenters. The lowest BCUT2D eigenvalue weighted by Crippen LogP contribution is -2.42. The molecule has 1 aromatic heterocycles. The fourth-order valence-electron chi connectivity index (χ4n) is 6.08. The summed E-state index contributed by atoms with van der Waals surface area (Å²) in [6.45, 7) is 13.9. The second-order valence-electron chi connectivity index (χ2n) is 13.0. The molecule has 3 rings (SSSR count). The third-order valence-corrected chi connectivity index (χ3v) is 14.1. The summed E-state index contributed by atoms with van der Waals surface area (Å²) in [5.41, 5.74) is 5.63. The molecule has 2 nitrogen and oxygen atoms in total. The lowest BCUT2D eigenvalue weighted by molar-refractivity contribution is 0.396. The Bertz CT molecular complexity index is 878. The van der Waals surface area contributed by atoms with Crippen LogP contribution in [-0.4, -0.2) is 21.6 Å². The van der Waals surface area contributed by atoms with E-state index in [-0.39, 0.29) is 0 Å². The summed E-state index contributed by atoms with van der Waals surface area (Å²) < 4.78 is 6.47. The highest BCUT2D eigenvalue weighted by atomic mass is 28.4. The quantitative estimate of drug-likeness (QED) is 0.181. The molecule has 0 unspecified atom stereocenters. The van der Waals surface area contributed by atoms with Crippen LogP contribution in [0.5, 0.6) is 0 Å². The van der Waals surface area contributed by atoms with E-state index in [4.69, 9.17) is 4.12 Å². The number of benzene rings is 1. The van der Waals surface area contributed by atoms with Gasteiger partial charge in [-0.3, -0.25) is 4.98 Å². The molecule has 0 amide bonds. The summed E-state index contributed by atoms with van der Waals surface area (Å²) in [5.74, 6) is 1.44. The van der Waals surface area contributed by atoms with Crippen LogP contribution in [0, 0.1) is 6.92 Å². The third-order valence-electron chi connectivity index (χ3n) is 7.91. The highest BCUT2D eigenvalue weighted by Gasteiger charge is 2.28. The summed E-state index contributed by atoms with van der Waals surface area (Å²) in [6, 6.07) is 15.4. The van der Waals surface area contributed by atoms with Crippen molar-refractivity contribution in [3.63, 3.8) is 0 Å². The number of hydrogen-bond donors (Lipinski definition) is 0. The van der Waals surface area contributed by atoms with E-state index in [1.54, 1.807) is 5.56 Å². The monoisotopic (exact) mass is 523 g/mol. The van der Waals surface area contributed by atoms with Gasteiger partial charge < -0.3 is 4.12 Å². The predicted octanol–water partition coefficient (Wildman–Crippen LogP) is 10.2. The summed E-state index contributed by atoms with van der Waals surface area (Å²) >= 11 is 0. The van der Waals surface area contributed by atoms with Crippen LogP contribution in [0.2, 0.25) is 38.8 Å². The van der Waals surface area contributed by atoms with Crippen LogP contribution in [0.3, 0.4) is 0 Å². The maximum atomic E-state index is 6.47. The van der Waals surface area contributed by atoms with Gasteiger partial charge in [-0.15, -0.1) is 0 Å². The van der Waals surface area contributed by atoms with E-state index in [1.807, 2.05) is 0 Å². The van der Waals surface area contributed by atoms with Gasteiger partial charge in [-0.2, -0.15) is 0 Å². The van der Waals surface area contributed by atoms with Gasteiger partial charge in [0.1, 0.15) is 0 Å². The van der Waals surface area contributed by atoms with Gasteiger partial charge in [0.2, 0.25) is 0 Å². The van der Waals surface area contributed by atoms with Crippen molar-refractivity contribution in [1.29, 1.82) is 0 Å². The van der Waals surface area contributed by atoms with Gasteiger partial charge in [-0.1, -0.05) is 68.9 Å². The number of unbranched alkanes of at least 4 members (excludes halogenated alkanes) is 6. The van der Waals surface area contributed by atoms with Gasteiger partial charge >= 0.3 is 0 Å². The smallest absolute Gasteiger partial charge is 0.173 e. The van der Waals surface area contributed by atoms with Crippen molar-refractivity contribution in [2.24, 2.45) is 0 Å². The number of aromatic nitrogens is 1. The van der Waals surface area contributed by atoms with Crippen LogP contribution in [0.4, 0.5) is 0 Å². The van der Waals surface area contributed by atoms with Gasteiger partial charge in [-0.05, 0) is 119 Å². The molecule has 0 N–H and O–H groups in total. The minimum Gasteiger partial charge on any atom is -0.456 e. The summed E-state index contributed by atoms with van der Waals surface area (Å²) in [7, 11) is -2.81. The minimum atomic E-state index is -1.43. The minimum absolute atomic E-state index is 0.700. The molecule has 1 aliphatic carbocycles. The zero-order chi connectivity index (χ0) is 26.0. The molecule has 1 heterocycles. The summed E-state index contributed by atoms with van der Waals surface area (Å²) in [5, 5.41) is 0. The zero-order valence-corrected chi connectivity index (χ0v) is 26.2. The van der Waals surface area contributed by atoms with Gasteiger partial charge in [0, 0.05) is 11.9 Å². The highest BCUT2D eigenvalue weighted by Crippen LogP contribution is 2.40. The van der Waals surface area contributed by atoms with Crippen molar-refractivity contribution in [3.05, 3.63) is 65.0 Å². The van der Waals surface area contributed by atoms with Crippen LogP contribution in [0.25, 0.3) is 0 Å². The molecule has 200 valence electrons. The van der Waals surface area contributed by atoms with Crippen LogP contribution in [0.15, 0.2) is 42.6 Å². The van der Waals surface area contributed by atoms with Gasteiger partial charge in [-0.25, -0.2) is 0 Å². The first kappa shape index (κ1) is 29.3. The van der Waals surface area contributed by atoms with Gasteiger partial charge in [0.15, 0.2) is 16.6 Å². The van der Waals surface area contributed by atoms with E-state index in [0.29, 0.717) is 5.92 Å². The van der Waals surface area contributed by atoms with E-state index in [2.05, 4.69) is 87.2 Å². The molecular weight excluding hydrogens is 471 g/mol. The van der Waals surface area contributed by atoms with Crippen LogP contribution in [-0.2, 0) is 10.5 Å². The van der Waals surface area contributed by atoms with Crippen molar-refractivity contribution >= 4 is 16.6 Å². The van der Waals surface area contributed by atoms with Crippen molar-refractivity contribution < 1.29 is 4.12 Å². The molecule has 0 bridgehead atoms. The maximum Gasteiger partial charge on any atom is 0.173 e. The Morgan fingerprint density at radius 1 is 0.694 bits per heavy atom. The first-order valence-electron chi connectivity index (χ1n) is 14.8. The van der Waals surface area contributed by atoms with Crippen LogP contribution >= 0.6 is 0 Å². The fraction of sp³-hybridized carbons (Fsp3) is 0.656. The second kappa shape index (κ2) is 14.1. The fourth-order valence-corrected chi connectivity index (χ4v) is 14.2. The highest BCUT2D eigenvalue weighted by molar-refractivity contribution is 6.84. The van der Waals surface area contributed by atoms with Crippen molar-refractivity contribution in [1.82, 2.24) is 4.98 Å². The molecule has 1 saturated carbocycles. The normalized spacial score (nSPS) is 18.9. The maximum absolute atomic E-state index is 6.47. The molecule has 2 aromatic rings. The molecule has 1 aromatic carbocycles. The molecule has 1 fully saturated rings. The standard InChI is InChI=1S/C32H53NOSi2/c1-27-15-18-32(26-33-27)31-23-21-30(22-24-31)29-19-16-28(17-20-29)14-12-10-8-7-9-11-13-25-36(5,6)34-35(2,3)4/h15-20,26,30-31H,7-14,21-25H2,1-6H3. The number of nitrogens with zero attached hydrogens (tertiary/aromatic N) is 1. The van der Waals surface area contributed by atoms with Gasteiger partial charge in [0.05, 0.1) is 0 Å². The van der Waals surface area contributed by atoms with E-state index < -0.39 is 16.6 Å². The Morgan fingerprint density at radius 2 is 1.22 bits per heavy atom. The van der Waals surface area contributed by atoms with E-state index >= 15 is 0 Å². The summed E-state index contributed by atoms with van der Waals surface area (Å²) in [4.78, 5) is 4.51. The van der Waals surface area contributed by atoms with Crippen molar-refractivity contribution in [3.8, 4) is 0 Å². The Morgan fingerprint density at radius 3 is 1.78 bits per heavy atom. The predicted molar refractivity (Wildman–Crippen MR) is 162 cm³/mol. The lowest BCUT2D eigenvalue weighted by atomic mass is 9.76. The molecule has 0 radical (unpaired) electrons. The molecule has 0 saturated heterocycles. The Kier molecular flexibility index (Phi) is 11.5. The lowest BCUT2D eigenvalue weighted by Gasteiger charge is -2.31. The third kappa shape index (κ3) is 10.6. The van der Waals surface area contributed by atoms with Crippen molar-refractivity contribution in [2.45, 2.75) is 135 Å². The number of rotatable bonds is 14. The number of aryl methyl sites for hydroxylation is 2. The van der Waals surface area contributed by atoms with Gasteiger partial charge in [0.25, 0.3) is 0 Å². The zero-order valence-electron chi connectivity index (χ0n) is 24.2.